The molecule has 0 aliphatic rings. The molecule has 0 rings (SSSR count). The van der Waals surface area contributed by atoms with Gasteiger partial charge in [-0.2, -0.15) is 0 Å². The van der Waals surface area contributed by atoms with Crippen molar-refractivity contribution in [3.8, 4) is 0 Å². The summed E-state index contributed by atoms with van der Waals surface area (Å²) in [5.41, 5.74) is 0. The highest BCUT2D eigenvalue weighted by Crippen LogP contribution is 2.43. The Morgan fingerprint density at radius 1 is 0.524 bits per heavy atom. The van der Waals surface area contributed by atoms with Crippen molar-refractivity contribution >= 4 is 25.7 Å². The van der Waals surface area contributed by atoms with Gasteiger partial charge < -0.3 is 25.2 Å². The summed E-state index contributed by atoms with van der Waals surface area (Å²) in [6.45, 7) is 2.50. The fourth-order valence-corrected chi connectivity index (χ4v) is 8.05. The van der Waals surface area contributed by atoms with Gasteiger partial charge in [0.2, 0.25) is 5.91 Å². The molecule has 1 amide bonds. The molecule has 63 heavy (non-hydrogen) atoms. The third-order valence-electron chi connectivity index (χ3n) is 11.2. The van der Waals surface area contributed by atoms with Gasteiger partial charge in [0.25, 0.3) is 0 Å². The number of rotatable bonds is 48. The molecule has 0 fully saturated rings. The lowest BCUT2D eigenvalue weighted by Gasteiger charge is -2.18. The van der Waals surface area contributed by atoms with Gasteiger partial charge in [-0.1, -0.05) is 217 Å². The van der Waals surface area contributed by atoms with Gasteiger partial charge in [-0.3, -0.25) is 18.6 Å². The Morgan fingerprint density at radius 3 is 1.38 bits per heavy atom. The topological polar surface area (TPSA) is 169 Å². The Hall–Kier alpha value is -2.30. The zero-order chi connectivity index (χ0) is 46.3. The minimum absolute atomic E-state index is 0.148. The Morgan fingerprint density at radius 2 is 0.921 bits per heavy atom. The van der Waals surface area contributed by atoms with Gasteiger partial charge in [0.1, 0.15) is 12.7 Å². The van der Waals surface area contributed by atoms with Crippen LogP contribution in [0.3, 0.4) is 0 Å². The summed E-state index contributed by atoms with van der Waals surface area (Å²) in [6, 6.07) is -1.55. The van der Waals surface area contributed by atoms with Gasteiger partial charge in [-0.05, 0) is 44.9 Å². The van der Waals surface area contributed by atoms with E-state index in [4.69, 9.17) is 13.8 Å². The number of carboxylic acid groups (broad SMARTS) is 1. The maximum atomic E-state index is 12.4. The van der Waals surface area contributed by atoms with Crippen LogP contribution >= 0.6 is 7.82 Å². The molecule has 0 aromatic heterocycles. The Kier molecular flexibility index (Phi) is 44.5. The fraction of sp³-hybridized carbons (Fsp3) is 0.824. The maximum Gasteiger partial charge on any atom is 0.472 e. The smallest absolute Gasteiger partial charge is 0.472 e. The number of amides is 1. The largest absolute Gasteiger partial charge is 0.480 e. The Labute approximate surface area is 384 Å². The number of aliphatic carboxylic acids is 1. The number of esters is 1. The zero-order valence-electron chi connectivity index (χ0n) is 40.1. The van der Waals surface area contributed by atoms with Crippen molar-refractivity contribution in [1.82, 2.24) is 5.32 Å². The second-order valence-electron chi connectivity index (χ2n) is 17.3. The zero-order valence-corrected chi connectivity index (χ0v) is 41.0. The van der Waals surface area contributed by atoms with Crippen LogP contribution in [0.15, 0.2) is 36.5 Å². The number of hydrogen-bond acceptors (Lipinski definition) is 8. The highest BCUT2D eigenvalue weighted by Gasteiger charge is 2.28. The van der Waals surface area contributed by atoms with E-state index in [-0.39, 0.29) is 12.8 Å². The van der Waals surface area contributed by atoms with E-state index >= 15 is 0 Å². The molecule has 0 aliphatic carbocycles. The van der Waals surface area contributed by atoms with Gasteiger partial charge in [-0.15, -0.1) is 0 Å². The van der Waals surface area contributed by atoms with E-state index in [1.54, 1.807) is 0 Å². The lowest BCUT2D eigenvalue weighted by Crippen LogP contribution is -2.43. The first kappa shape index (κ1) is 60.7. The first-order chi connectivity index (χ1) is 30.6. The molecule has 0 aromatic rings. The van der Waals surface area contributed by atoms with Gasteiger partial charge in [0, 0.05) is 12.8 Å². The Bertz CT molecular complexity index is 1210. The summed E-state index contributed by atoms with van der Waals surface area (Å²) < 4.78 is 26.9. The fourth-order valence-electron chi connectivity index (χ4n) is 7.27. The van der Waals surface area contributed by atoms with Crippen molar-refractivity contribution in [1.29, 1.82) is 0 Å². The lowest BCUT2D eigenvalue weighted by molar-refractivity contribution is -0.147. The molecule has 3 unspecified atom stereocenters. The van der Waals surface area contributed by atoms with Crippen molar-refractivity contribution in [2.45, 2.75) is 251 Å². The van der Waals surface area contributed by atoms with Crippen LogP contribution < -0.4 is 5.32 Å². The van der Waals surface area contributed by atoms with Crippen LogP contribution in [-0.2, 0) is 32.7 Å². The number of carboxylic acids is 1. The van der Waals surface area contributed by atoms with Crippen molar-refractivity contribution in [3.63, 3.8) is 0 Å². The number of carbonyl (C=O) groups excluding carboxylic acids is 2. The van der Waals surface area contributed by atoms with Gasteiger partial charge >= 0.3 is 19.8 Å². The van der Waals surface area contributed by atoms with E-state index in [0.717, 1.165) is 70.6 Å². The third-order valence-corrected chi connectivity index (χ3v) is 12.1. The van der Waals surface area contributed by atoms with Crippen LogP contribution in [0.4, 0.5) is 0 Å². The molecule has 0 radical (unpaired) electrons. The van der Waals surface area contributed by atoms with Crippen molar-refractivity contribution in [3.05, 3.63) is 36.5 Å². The number of unbranched alkanes of at least 4 members (excludes halogenated alkanes) is 28. The summed E-state index contributed by atoms with van der Waals surface area (Å²) >= 11 is 0. The molecule has 0 heterocycles. The molecule has 0 spiro atoms. The van der Waals surface area contributed by atoms with E-state index < -0.39 is 57.6 Å². The lowest BCUT2D eigenvalue weighted by atomic mass is 10.0. The van der Waals surface area contributed by atoms with Gasteiger partial charge in [0.05, 0.1) is 13.2 Å². The van der Waals surface area contributed by atoms with Crippen molar-refractivity contribution in [2.75, 3.05) is 19.8 Å². The van der Waals surface area contributed by atoms with Crippen LogP contribution in [0.2, 0.25) is 0 Å². The SMILES string of the molecule is CC/C=C\C/C=C\C/C=C\CCCCCCCC(=O)OCC(O)COP(=O)(O)OCC(NC(=O)CCCCCCCCCCCCCCCCCCCCCCCCCC)C(=O)O. The predicted octanol–water partition coefficient (Wildman–Crippen LogP) is 14.0. The predicted molar refractivity (Wildman–Crippen MR) is 259 cm³/mol. The highest BCUT2D eigenvalue weighted by molar-refractivity contribution is 7.47. The van der Waals surface area contributed by atoms with E-state index in [1.165, 1.54) is 128 Å². The minimum Gasteiger partial charge on any atom is -0.480 e. The average Bonchev–Trinajstić information content (AvgIpc) is 3.26. The number of allylic oxidation sites excluding steroid dienone is 6. The number of aliphatic hydroxyl groups is 1. The standard InChI is InChI=1S/C51H94NO10P/c1-3-5-7-9-11-13-15-17-19-20-21-22-23-24-25-26-27-29-30-32-34-36-38-40-42-49(54)52-48(51(56)57)46-62-63(58,59)61-45-47(53)44-60-50(55)43-41-39-37-35-33-31-28-18-16-14-12-10-8-6-4-2/h6,8,12,14,18,28,47-48,53H,3-5,7,9-11,13,15-17,19-27,29-46H2,1-2H3,(H,52,54)(H,56,57)(H,58,59)/b8-6-,14-12-,28-18-. The number of hydrogen-bond donors (Lipinski definition) is 4. The Balaban J connectivity index is 3.80. The number of phosphoric ester groups is 1. The monoisotopic (exact) mass is 912 g/mol. The van der Waals surface area contributed by atoms with E-state index in [2.05, 4.69) is 55.6 Å². The molecule has 4 N–H and O–H groups in total. The molecule has 0 aliphatic heterocycles. The summed E-state index contributed by atoms with van der Waals surface area (Å²) in [5, 5.41) is 21.9. The summed E-state index contributed by atoms with van der Waals surface area (Å²) in [6.07, 6.45) is 51.8. The van der Waals surface area contributed by atoms with Crippen molar-refractivity contribution < 1.29 is 47.8 Å². The molecular formula is C51H94NO10P. The second-order valence-corrected chi connectivity index (χ2v) is 18.8. The van der Waals surface area contributed by atoms with Crippen LogP contribution in [0.1, 0.15) is 239 Å². The maximum absolute atomic E-state index is 12.4. The number of ether oxygens (including phenoxy) is 1. The third kappa shape index (κ3) is 46.0. The first-order valence-corrected chi connectivity index (χ1v) is 27.0. The van der Waals surface area contributed by atoms with Crippen molar-refractivity contribution in [2.24, 2.45) is 0 Å². The average molecular weight is 912 g/mol. The molecular weight excluding hydrogens is 818 g/mol. The van der Waals surface area contributed by atoms with E-state index in [9.17, 15) is 34.1 Å². The molecule has 11 nitrogen and oxygen atoms in total. The molecule has 0 bridgehead atoms. The second kappa shape index (κ2) is 46.2. The first-order valence-electron chi connectivity index (χ1n) is 25.5. The summed E-state index contributed by atoms with van der Waals surface area (Å²) in [7, 11) is -4.76. The molecule has 0 aromatic carbocycles. The van der Waals surface area contributed by atoms with E-state index in [0.29, 0.717) is 12.8 Å². The number of phosphoric acid groups is 1. The van der Waals surface area contributed by atoms with Gasteiger partial charge in [0.15, 0.2) is 6.04 Å². The van der Waals surface area contributed by atoms with Crippen LogP contribution in [-0.4, -0.2) is 64.9 Å². The summed E-state index contributed by atoms with van der Waals surface area (Å²) in [5.74, 6) is -2.38. The number of aliphatic hydroxyl groups excluding tert-OH is 1. The molecule has 0 saturated heterocycles. The molecule has 368 valence electrons. The van der Waals surface area contributed by atoms with Crippen LogP contribution in [0, 0.1) is 0 Å². The molecule has 0 saturated carbocycles. The quantitative estimate of drug-likeness (QED) is 0.0199. The molecule has 3 atom stereocenters. The number of carbonyl (C=O) groups is 3. The normalized spacial score (nSPS) is 13.8. The molecule has 12 heteroatoms. The number of nitrogens with one attached hydrogen (secondary N) is 1. The highest BCUT2D eigenvalue weighted by atomic mass is 31.2. The van der Waals surface area contributed by atoms with E-state index in [1.807, 2.05) is 0 Å². The van der Waals surface area contributed by atoms with Gasteiger partial charge in [-0.25, -0.2) is 9.36 Å². The van der Waals surface area contributed by atoms with Crippen LogP contribution in [0.5, 0.6) is 0 Å². The van der Waals surface area contributed by atoms with Crippen LogP contribution in [0.25, 0.3) is 0 Å². The minimum atomic E-state index is -4.76. The summed E-state index contributed by atoms with van der Waals surface area (Å²) in [4.78, 5) is 46.1.